The Hall–Kier alpha value is -3.90. The standard InChI is InChI=1S/C32H24/c1-4-12-24(13-5-1)22-25-20-21-29-28-18-10-11-19-30(28)32(31(29)23-25,26-14-6-2-7-15-26)27-16-8-3-9-17-27/h1-21,23H,22H2/i20D,21D,23D. The zero-order chi connectivity index (χ0) is 24.0. The van der Waals surface area contributed by atoms with Crippen molar-refractivity contribution in [1.29, 1.82) is 0 Å². The lowest BCUT2D eigenvalue weighted by atomic mass is 9.67. The van der Waals surface area contributed by atoms with E-state index in [2.05, 4.69) is 30.3 Å². The average Bonchev–Trinajstić information content (AvgIpc) is 3.24. The van der Waals surface area contributed by atoms with Crippen molar-refractivity contribution in [2.45, 2.75) is 11.8 Å². The molecule has 0 saturated heterocycles. The third kappa shape index (κ3) is 2.84. The number of rotatable bonds is 4. The molecule has 1 aliphatic carbocycles. The Labute approximate surface area is 194 Å². The van der Waals surface area contributed by atoms with Gasteiger partial charge >= 0.3 is 0 Å². The van der Waals surface area contributed by atoms with Gasteiger partial charge in [0, 0.05) is 0 Å². The van der Waals surface area contributed by atoms with Gasteiger partial charge in [-0.1, -0.05) is 133 Å². The highest BCUT2D eigenvalue weighted by atomic mass is 14.5. The van der Waals surface area contributed by atoms with E-state index < -0.39 is 5.41 Å². The molecule has 5 aromatic rings. The lowest BCUT2D eigenvalue weighted by Crippen LogP contribution is -2.28. The minimum absolute atomic E-state index is 0.143. The summed E-state index contributed by atoms with van der Waals surface area (Å²) in [4.78, 5) is 0. The summed E-state index contributed by atoms with van der Waals surface area (Å²) in [6, 6.07) is 39.5. The fraction of sp³-hybridized carbons (Fsp3) is 0.0625. The molecule has 0 unspecified atom stereocenters. The molecule has 0 aromatic heterocycles. The summed E-state index contributed by atoms with van der Waals surface area (Å²) in [5.41, 5.74) is 6.54. The molecule has 152 valence electrons. The van der Waals surface area contributed by atoms with Crippen LogP contribution in [0, 0.1) is 0 Å². The van der Waals surface area contributed by atoms with Gasteiger partial charge in [-0.3, -0.25) is 0 Å². The molecule has 0 fully saturated rings. The van der Waals surface area contributed by atoms with Gasteiger partial charge < -0.3 is 0 Å². The zero-order valence-electron chi connectivity index (χ0n) is 20.7. The Kier molecular flexibility index (Phi) is 3.79. The molecule has 1 aliphatic rings. The largest absolute Gasteiger partial charge is 0.0713 e. The van der Waals surface area contributed by atoms with Crippen LogP contribution in [0.3, 0.4) is 0 Å². The van der Waals surface area contributed by atoms with Gasteiger partial charge in [0.25, 0.3) is 0 Å². The predicted molar refractivity (Wildman–Crippen MR) is 133 cm³/mol. The highest BCUT2D eigenvalue weighted by Gasteiger charge is 2.45. The first-order valence-corrected chi connectivity index (χ1v) is 11.0. The van der Waals surface area contributed by atoms with Crippen molar-refractivity contribution in [3.8, 4) is 11.1 Å². The first-order valence-electron chi connectivity index (χ1n) is 12.5. The normalized spacial score (nSPS) is 14.7. The molecule has 0 aliphatic heterocycles. The number of hydrogen-bond acceptors (Lipinski definition) is 0. The van der Waals surface area contributed by atoms with E-state index in [1.54, 1.807) is 0 Å². The van der Waals surface area contributed by atoms with E-state index in [0.29, 0.717) is 23.6 Å². The van der Waals surface area contributed by atoms with Crippen LogP contribution in [0.25, 0.3) is 11.1 Å². The van der Waals surface area contributed by atoms with Crippen LogP contribution in [0.4, 0.5) is 0 Å². The van der Waals surface area contributed by atoms with E-state index in [0.717, 1.165) is 33.4 Å². The first kappa shape index (κ1) is 15.8. The maximum atomic E-state index is 9.54. The molecule has 0 radical (unpaired) electrons. The van der Waals surface area contributed by atoms with Gasteiger partial charge in [-0.05, 0) is 50.9 Å². The van der Waals surface area contributed by atoms with Crippen molar-refractivity contribution in [2.75, 3.05) is 0 Å². The van der Waals surface area contributed by atoms with Gasteiger partial charge in [0.1, 0.15) is 0 Å². The molecule has 0 bridgehead atoms. The quantitative estimate of drug-likeness (QED) is 0.280. The van der Waals surface area contributed by atoms with Gasteiger partial charge in [-0.25, -0.2) is 0 Å². The Morgan fingerprint density at radius 1 is 0.500 bits per heavy atom. The lowest BCUT2D eigenvalue weighted by molar-refractivity contribution is 0.767. The third-order valence-electron chi connectivity index (χ3n) is 6.48. The summed E-state index contributed by atoms with van der Waals surface area (Å²) in [6.45, 7) is 0. The molecule has 0 nitrogen and oxygen atoms in total. The van der Waals surface area contributed by atoms with Gasteiger partial charge in [0.2, 0.25) is 0 Å². The molecule has 5 aromatic carbocycles. The summed E-state index contributed by atoms with van der Waals surface area (Å²) in [5, 5.41) is 0. The first-order chi connectivity index (χ1) is 17.1. The minimum Gasteiger partial charge on any atom is -0.0622 e. The van der Waals surface area contributed by atoms with Gasteiger partial charge in [0.05, 0.1) is 9.53 Å². The average molecular weight is 412 g/mol. The fourth-order valence-corrected chi connectivity index (χ4v) is 5.12. The van der Waals surface area contributed by atoms with E-state index in [9.17, 15) is 1.37 Å². The number of fused-ring (bicyclic) bond motifs is 3. The van der Waals surface area contributed by atoms with Crippen LogP contribution in [0.1, 0.15) is 37.5 Å². The van der Waals surface area contributed by atoms with Crippen LogP contribution in [0.15, 0.2) is 133 Å². The van der Waals surface area contributed by atoms with Crippen LogP contribution in [0.2, 0.25) is 0 Å². The maximum absolute atomic E-state index is 9.54. The van der Waals surface area contributed by atoms with Crippen LogP contribution in [-0.2, 0) is 11.8 Å². The van der Waals surface area contributed by atoms with Gasteiger partial charge in [-0.2, -0.15) is 0 Å². The summed E-state index contributed by atoms with van der Waals surface area (Å²) in [5.74, 6) is 0. The van der Waals surface area contributed by atoms with Crippen molar-refractivity contribution < 1.29 is 4.11 Å². The molecular formula is C32H24. The molecule has 0 atom stereocenters. The van der Waals surface area contributed by atoms with Crippen LogP contribution in [-0.4, -0.2) is 0 Å². The van der Waals surface area contributed by atoms with Gasteiger partial charge in [-0.15, -0.1) is 0 Å². The van der Waals surface area contributed by atoms with E-state index in [4.69, 9.17) is 2.74 Å². The molecule has 32 heavy (non-hydrogen) atoms. The third-order valence-corrected chi connectivity index (χ3v) is 6.48. The Balaban J connectivity index is 1.77. The van der Waals surface area contributed by atoms with Crippen molar-refractivity contribution in [2.24, 2.45) is 0 Å². The maximum Gasteiger partial charge on any atom is 0.0713 e. The molecular weight excluding hydrogens is 384 g/mol. The summed E-state index contributed by atoms with van der Waals surface area (Å²) >= 11 is 0. The highest BCUT2D eigenvalue weighted by Crippen LogP contribution is 2.56. The lowest BCUT2D eigenvalue weighted by Gasteiger charge is -2.34. The highest BCUT2D eigenvalue weighted by molar-refractivity contribution is 5.86. The zero-order valence-corrected chi connectivity index (χ0v) is 17.7. The van der Waals surface area contributed by atoms with Crippen LogP contribution < -0.4 is 0 Å². The van der Waals surface area contributed by atoms with Crippen LogP contribution in [0.5, 0.6) is 0 Å². The van der Waals surface area contributed by atoms with Crippen molar-refractivity contribution >= 4 is 0 Å². The monoisotopic (exact) mass is 411 g/mol. The molecule has 0 N–H and O–H groups in total. The fourth-order valence-electron chi connectivity index (χ4n) is 5.12. The molecule has 0 saturated carbocycles. The van der Waals surface area contributed by atoms with E-state index in [1.165, 1.54) is 0 Å². The second kappa shape index (κ2) is 7.66. The summed E-state index contributed by atoms with van der Waals surface area (Å²) in [7, 11) is 0. The summed E-state index contributed by atoms with van der Waals surface area (Å²) in [6.07, 6.45) is 0.452. The van der Waals surface area contributed by atoms with Crippen molar-refractivity contribution in [3.05, 3.63) is 167 Å². The molecule has 0 amide bonds. The molecule has 0 heterocycles. The SMILES string of the molecule is [2H]c1c([2H])c2c(c([2H])c1Cc1ccccc1)C(c1ccccc1)(c1ccccc1)c1ccccc1-2. The Morgan fingerprint density at radius 2 is 1.06 bits per heavy atom. The topological polar surface area (TPSA) is 0 Å². The van der Waals surface area contributed by atoms with E-state index in [1.807, 2.05) is 84.9 Å². The predicted octanol–water partition coefficient (Wildman–Crippen LogP) is 7.64. The van der Waals surface area contributed by atoms with E-state index >= 15 is 0 Å². The second-order valence-corrected chi connectivity index (χ2v) is 8.29. The molecule has 6 rings (SSSR count). The molecule has 0 heteroatoms. The number of benzene rings is 5. The second-order valence-electron chi connectivity index (χ2n) is 8.29. The number of hydrogen-bond donors (Lipinski definition) is 0. The Morgan fingerprint density at radius 3 is 1.72 bits per heavy atom. The van der Waals surface area contributed by atoms with Crippen molar-refractivity contribution in [1.82, 2.24) is 0 Å². The summed E-state index contributed by atoms with van der Waals surface area (Å²) < 4.78 is 27.6. The van der Waals surface area contributed by atoms with Crippen molar-refractivity contribution in [3.63, 3.8) is 0 Å². The smallest absolute Gasteiger partial charge is 0.0622 e. The Bertz CT molecular complexity index is 1480. The van der Waals surface area contributed by atoms with Gasteiger partial charge in [0.15, 0.2) is 0 Å². The minimum atomic E-state index is -0.736. The molecule has 0 spiro atoms. The van der Waals surface area contributed by atoms with E-state index in [-0.39, 0.29) is 12.1 Å². The van der Waals surface area contributed by atoms with Crippen LogP contribution >= 0.6 is 0 Å².